The summed E-state index contributed by atoms with van der Waals surface area (Å²) in [6, 6.07) is 9.84. The second kappa shape index (κ2) is 8.28. The number of carbonyl (C=O) groups excluding carboxylic acids is 2. The highest BCUT2D eigenvalue weighted by Gasteiger charge is 2.06. The van der Waals surface area contributed by atoms with Gasteiger partial charge < -0.3 is 4.42 Å². The number of hydrazine groups is 1. The fourth-order valence-electron chi connectivity index (χ4n) is 1.67. The van der Waals surface area contributed by atoms with E-state index in [0.29, 0.717) is 16.3 Å². The fourth-order valence-corrected chi connectivity index (χ4v) is 1.95. The standard InChI is InChI=1S/C16H14ClN3O3S/c1-10-2-7-13(23-10)8-9-14(21)18-16(24)20-19-15(22)11-3-5-12(17)6-4-11/h2-9H,1H3,(H,19,22)(H2,18,20,21,24)/b9-8+. The third kappa shape index (κ3) is 5.53. The first kappa shape index (κ1) is 17.7. The van der Waals surface area contributed by atoms with Gasteiger partial charge in [-0.1, -0.05) is 11.6 Å². The van der Waals surface area contributed by atoms with Gasteiger partial charge in [0.1, 0.15) is 11.5 Å². The molecule has 0 radical (unpaired) electrons. The van der Waals surface area contributed by atoms with Crippen LogP contribution in [0.2, 0.25) is 5.02 Å². The summed E-state index contributed by atoms with van der Waals surface area (Å²) in [6.45, 7) is 1.81. The molecule has 2 aromatic rings. The molecule has 2 rings (SSSR count). The fraction of sp³-hybridized carbons (Fsp3) is 0.0625. The SMILES string of the molecule is Cc1ccc(/C=C/C(=O)NC(=S)NNC(=O)c2ccc(Cl)cc2)o1. The molecule has 1 aromatic carbocycles. The van der Waals surface area contributed by atoms with Crippen LogP contribution in [-0.2, 0) is 4.79 Å². The van der Waals surface area contributed by atoms with Gasteiger partial charge in [-0.3, -0.25) is 25.8 Å². The lowest BCUT2D eigenvalue weighted by Crippen LogP contribution is -2.48. The molecule has 0 bridgehead atoms. The zero-order valence-corrected chi connectivity index (χ0v) is 14.2. The lowest BCUT2D eigenvalue weighted by atomic mass is 10.2. The van der Waals surface area contributed by atoms with Crippen LogP contribution in [0.4, 0.5) is 0 Å². The number of carbonyl (C=O) groups is 2. The van der Waals surface area contributed by atoms with Gasteiger partial charge in [0.05, 0.1) is 0 Å². The Hall–Kier alpha value is -2.64. The molecule has 0 spiro atoms. The maximum absolute atomic E-state index is 11.8. The summed E-state index contributed by atoms with van der Waals surface area (Å²) in [5.41, 5.74) is 5.21. The summed E-state index contributed by atoms with van der Waals surface area (Å²) < 4.78 is 5.29. The van der Waals surface area contributed by atoms with Crippen LogP contribution < -0.4 is 16.2 Å². The van der Waals surface area contributed by atoms with Crippen molar-refractivity contribution >= 4 is 46.8 Å². The van der Waals surface area contributed by atoms with Crippen molar-refractivity contribution in [3.8, 4) is 0 Å². The van der Waals surface area contributed by atoms with Gasteiger partial charge in [-0.2, -0.15) is 0 Å². The normalized spacial score (nSPS) is 10.4. The Labute approximate surface area is 148 Å². The van der Waals surface area contributed by atoms with Crippen molar-refractivity contribution in [1.29, 1.82) is 0 Å². The molecule has 0 unspecified atom stereocenters. The summed E-state index contributed by atoms with van der Waals surface area (Å²) in [6.07, 6.45) is 2.78. The molecule has 0 fully saturated rings. The van der Waals surface area contributed by atoms with Crippen LogP contribution in [0.5, 0.6) is 0 Å². The van der Waals surface area contributed by atoms with Gasteiger partial charge in [-0.25, -0.2) is 0 Å². The van der Waals surface area contributed by atoms with Gasteiger partial charge >= 0.3 is 0 Å². The Morgan fingerprint density at radius 3 is 2.46 bits per heavy atom. The zero-order chi connectivity index (χ0) is 17.5. The topological polar surface area (TPSA) is 83.4 Å². The largest absolute Gasteiger partial charge is 0.462 e. The van der Waals surface area contributed by atoms with Crippen LogP contribution in [0.1, 0.15) is 21.9 Å². The molecule has 1 heterocycles. The van der Waals surface area contributed by atoms with Gasteiger partial charge in [-0.05, 0) is 61.6 Å². The van der Waals surface area contributed by atoms with E-state index in [1.165, 1.54) is 12.2 Å². The predicted octanol–water partition coefficient (Wildman–Crippen LogP) is 2.59. The van der Waals surface area contributed by atoms with E-state index in [0.717, 1.165) is 5.76 Å². The number of amides is 2. The number of rotatable bonds is 3. The molecule has 24 heavy (non-hydrogen) atoms. The smallest absolute Gasteiger partial charge is 0.269 e. The first-order valence-corrected chi connectivity index (χ1v) is 7.64. The number of furan rings is 1. The molecule has 3 N–H and O–H groups in total. The average Bonchev–Trinajstić information content (AvgIpc) is 2.97. The van der Waals surface area contributed by atoms with Crippen LogP contribution in [0.25, 0.3) is 6.08 Å². The number of halogens is 1. The van der Waals surface area contributed by atoms with Gasteiger partial charge in [0.15, 0.2) is 5.11 Å². The van der Waals surface area contributed by atoms with E-state index >= 15 is 0 Å². The van der Waals surface area contributed by atoms with E-state index in [1.807, 2.05) is 0 Å². The van der Waals surface area contributed by atoms with Gasteiger partial charge in [-0.15, -0.1) is 0 Å². The second-order valence-corrected chi connectivity index (χ2v) is 5.53. The Bertz CT molecular complexity index is 784. The van der Waals surface area contributed by atoms with E-state index in [-0.39, 0.29) is 5.11 Å². The highest BCUT2D eigenvalue weighted by atomic mass is 35.5. The monoisotopic (exact) mass is 363 g/mol. The summed E-state index contributed by atoms with van der Waals surface area (Å²) in [5.74, 6) is 0.432. The van der Waals surface area contributed by atoms with Crippen LogP contribution in [-0.4, -0.2) is 16.9 Å². The average molecular weight is 364 g/mol. The summed E-state index contributed by atoms with van der Waals surface area (Å²) in [7, 11) is 0. The Morgan fingerprint density at radius 1 is 1.12 bits per heavy atom. The Kier molecular flexibility index (Phi) is 6.11. The molecule has 0 aliphatic heterocycles. The predicted molar refractivity (Wildman–Crippen MR) is 95.3 cm³/mol. The molecule has 0 aliphatic carbocycles. The lowest BCUT2D eigenvalue weighted by molar-refractivity contribution is -0.115. The Morgan fingerprint density at radius 2 is 1.83 bits per heavy atom. The summed E-state index contributed by atoms with van der Waals surface area (Å²) >= 11 is 10.7. The molecular weight excluding hydrogens is 350 g/mol. The van der Waals surface area contributed by atoms with E-state index in [4.69, 9.17) is 28.2 Å². The van der Waals surface area contributed by atoms with Gasteiger partial charge in [0.25, 0.3) is 5.91 Å². The van der Waals surface area contributed by atoms with Crippen molar-refractivity contribution in [2.24, 2.45) is 0 Å². The van der Waals surface area contributed by atoms with Crippen LogP contribution >= 0.6 is 23.8 Å². The van der Waals surface area contributed by atoms with E-state index in [9.17, 15) is 9.59 Å². The van der Waals surface area contributed by atoms with Crippen LogP contribution in [0.3, 0.4) is 0 Å². The van der Waals surface area contributed by atoms with Gasteiger partial charge in [0, 0.05) is 16.7 Å². The Balaban J connectivity index is 1.78. The zero-order valence-electron chi connectivity index (χ0n) is 12.6. The highest BCUT2D eigenvalue weighted by molar-refractivity contribution is 7.80. The molecule has 0 atom stereocenters. The molecule has 6 nitrogen and oxygen atoms in total. The molecule has 0 aliphatic rings. The number of nitrogens with one attached hydrogen (secondary N) is 3. The van der Waals surface area contributed by atoms with E-state index in [1.54, 1.807) is 43.3 Å². The third-order valence-electron chi connectivity index (χ3n) is 2.79. The minimum atomic E-state index is -0.456. The molecule has 124 valence electrons. The summed E-state index contributed by atoms with van der Waals surface area (Å²) in [5, 5.41) is 2.88. The highest BCUT2D eigenvalue weighted by Crippen LogP contribution is 2.09. The molecule has 0 saturated heterocycles. The third-order valence-corrected chi connectivity index (χ3v) is 3.25. The number of hydrogen-bond acceptors (Lipinski definition) is 4. The minimum Gasteiger partial charge on any atom is -0.462 e. The van der Waals surface area contributed by atoms with Gasteiger partial charge in [0.2, 0.25) is 5.91 Å². The van der Waals surface area contributed by atoms with Crippen LogP contribution in [0.15, 0.2) is 46.9 Å². The molecular formula is C16H14ClN3O3S. The van der Waals surface area contributed by atoms with E-state index < -0.39 is 11.8 Å². The van der Waals surface area contributed by atoms with Crippen molar-refractivity contribution in [2.75, 3.05) is 0 Å². The second-order valence-electron chi connectivity index (χ2n) is 4.69. The number of thiocarbonyl (C=S) groups is 1. The first-order valence-electron chi connectivity index (χ1n) is 6.85. The molecule has 1 aromatic heterocycles. The number of benzene rings is 1. The van der Waals surface area contributed by atoms with E-state index in [2.05, 4.69) is 16.2 Å². The number of hydrogen-bond donors (Lipinski definition) is 3. The molecule has 2 amide bonds. The van der Waals surface area contributed by atoms with Crippen molar-refractivity contribution < 1.29 is 14.0 Å². The molecule has 0 saturated carbocycles. The lowest BCUT2D eigenvalue weighted by Gasteiger charge is -2.09. The van der Waals surface area contributed by atoms with Crippen molar-refractivity contribution in [1.82, 2.24) is 16.2 Å². The van der Waals surface area contributed by atoms with Crippen LogP contribution in [0, 0.1) is 6.92 Å². The van der Waals surface area contributed by atoms with Crippen molar-refractivity contribution in [3.63, 3.8) is 0 Å². The molecule has 8 heteroatoms. The quantitative estimate of drug-likeness (QED) is 0.443. The van der Waals surface area contributed by atoms with Crippen molar-refractivity contribution in [2.45, 2.75) is 6.92 Å². The number of aryl methyl sites for hydroxylation is 1. The maximum Gasteiger partial charge on any atom is 0.269 e. The maximum atomic E-state index is 11.8. The van der Waals surface area contributed by atoms with Crippen molar-refractivity contribution in [3.05, 3.63) is 64.6 Å². The summed E-state index contributed by atoms with van der Waals surface area (Å²) in [4.78, 5) is 23.5. The minimum absolute atomic E-state index is 0.0393. The first-order chi connectivity index (χ1) is 11.4.